The second kappa shape index (κ2) is 6.28. The number of benzene rings is 1. The van der Waals surface area contributed by atoms with E-state index in [-0.39, 0.29) is 18.2 Å². The van der Waals surface area contributed by atoms with Crippen molar-refractivity contribution in [2.75, 3.05) is 31.7 Å². The van der Waals surface area contributed by atoms with E-state index in [1.807, 2.05) is 23.1 Å². The molecule has 124 valence electrons. The van der Waals surface area contributed by atoms with Gasteiger partial charge in [-0.15, -0.1) is 0 Å². The van der Waals surface area contributed by atoms with Gasteiger partial charge in [0.2, 0.25) is 0 Å². The van der Waals surface area contributed by atoms with Crippen LogP contribution in [-0.2, 0) is 4.74 Å². The van der Waals surface area contributed by atoms with Crippen molar-refractivity contribution in [3.63, 3.8) is 0 Å². The summed E-state index contributed by atoms with van der Waals surface area (Å²) in [5.74, 6) is 1.31. The number of rotatable bonds is 2. The number of carbonyl (C=O) groups excluding carboxylic acids is 1. The van der Waals surface area contributed by atoms with Crippen LogP contribution in [0, 0.1) is 0 Å². The van der Waals surface area contributed by atoms with Crippen LogP contribution in [0.2, 0.25) is 0 Å². The lowest BCUT2D eigenvalue weighted by molar-refractivity contribution is 0.0542. The SMILES string of the molecule is O=C(Nc1cccc2c1OCCO2)N1CCCC1C1CCCO1. The minimum Gasteiger partial charge on any atom is -0.486 e. The summed E-state index contributed by atoms with van der Waals surface area (Å²) in [6, 6.07) is 5.68. The van der Waals surface area contributed by atoms with Crippen LogP contribution < -0.4 is 14.8 Å². The number of hydrogen-bond donors (Lipinski definition) is 1. The number of ether oxygens (including phenoxy) is 3. The maximum Gasteiger partial charge on any atom is 0.322 e. The topological polar surface area (TPSA) is 60.0 Å². The van der Waals surface area contributed by atoms with Crippen LogP contribution in [0.15, 0.2) is 18.2 Å². The van der Waals surface area contributed by atoms with Crippen molar-refractivity contribution in [1.29, 1.82) is 0 Å². The van der Waals surface area contributed by atoms with Crippen molar-refractivity contribution in [3.05, 3.63) is 18.2 Å². The van der Waals surface area contributed by atoms with Crippen molar-refractivity contribution >= 4 is 11.7 Å². The Labute approximate surface area is 135 Å². The summed E-state index contributed by atoms with van der Waals surface area (Å²) in [5, 5.41) is 2.99. The van der Waals surface area contributed by atoms with Gasteiger partial charge in [-0.25, -0.2) is 4.79 Å². The van der Waals surface area contributed by atoms with E-state index < -0.39 is 0 Å². The van der Waals surface area contributed by atoms with Gasteiger partial charge in [0.25, 0.3) is 0 Å². The maximum atomic E-state index is 12.7. The minimum atomic E-state index is -0.0782. The average molecular weight is 318 g/mol. The Hall–Kier alpha value is -1.95. The monoisotopic (exact) mass is 318 g/mol. The van der Waals surface area contributed by atoms with E-state index in [4.69, 9.17) is 14.2 Å². The first kappa shape index (κ1) is 14.6. The van der Waals surface area contributed by atoms with Crippen LogP contribution in [-0.4, -0.2) is 49.4 Å². The van der Waals surface area contributed by atoms with Crippen LogP contribution in [0.5, 0.6) is 11.5 Å². The molecule has 1 aromatic carbocycles. The van der Waals surface area contributed by atoms with Crippen molar-refractivity contribution in [2.24, 2.45) is 0 Å². The summed E-state index contributed by atoms with van der Waals surface area (Å²) < 4.78 is 17.0. The number of carbonyl (C=O) groups is 1. The van der Waals surface area contributed by atoms with E-state index in [1.54, 1.807) is 0 Å². The molecule has 2 amide bonds. The van der Waals surface area contributed by atoms with Gasteiger partial charge in [-0.3, -0.25) is 0 Å². The van der Waals surface area contributed by atoms with Gasteiger partial charge in [-0.2, -0.15) is 0 Å². The highest BCUT2D eigenvalue weighted by Gasteiger charge is 2.37. The number of amides is 2. The Bertz CT molecular complexity index is 586. The highest BCUT2D eigenvalue weighted by Crippen LogP contribution is 2.38. The number of likely N-dealkylation sites (tertiary alicyclic amines) is 1. The lowest BCUT2D eigenvalue weighted by Crippen LogP contribution is -2.44. The molecule has 6 nitrogen and oxygen atoms in total. The molecule has 6 heteroatoms. The molecule has 1 aromatic rings. The fourth-order valence-electron chi connectivity index (χ4n) is 3.70. The summed E-state index contributed by atoms with van der Waals surface area (Å²) in [6.45, 7) is 2.64. The normalized spacial score (nSPS) is 26.3. The fourth-order valence-corrected chi connectivity index (χ4v) is 3.70. The zero-order valence-electron chi connectivity index (χ0n) is 13.1. The van der Waals surface area contributed by atoms with E-state index in [0.29, 0.717) is 30.4 Å². The van der Waals surface area contributed by atoms with Crippen molar-refractivity contribution in [2.45, 2.75) is 37.8 Å². The summed E-state index contributed by atoms with van der Waals surface area (Å²) in [6.07, 6.45) is 4.38. The molecule has 2 saturated heterocycles. The maximum absolute atomic E-state index is 12.7. The second-order valence-electron chi connectivity index (χ2n) is 6.21. The van der Waals surface area contributed by atoms with Crippen LogP contribution in [0.4, 0.5) is 10.5 Å². The molecule has 3 aliphatic heterocycles. The van der Waals surface area contributed by atoms with E-state index in [0.717, 1.165) is 38.8 Å². The minimum absolute atomic E-state index is 0.0782. The van der Waals surface area contributed by atoms with Gasteiger partial charge in [0.05, 0.1) is 17.8 Å². The van der Waals surface area contributed by atoms with Crippen LogP contribution in [0.3, 0.4) is 0 Å². The predicted octanol–water partition coefficient (Wildman–Crippen LogP) is 2.63. The molecule has 2 unspecified atom stereocenters. The number of para-hydroxylation sites is 1. The smallest absolute Gasteiger partial charge is 0.322 e. The Kier molecular flexibility index (Phi) is 3.99. The molecular formula is C17H22N2O4. The third-order valence-corrected chi connectivity index (χ3v) is 4.76. The largest absolute Gasteiger partial charge is 0.486 e. The molecule has 0 aliphatic carbocycles. The molecule has 0 radical (unpaired) electrons. The van der Waals surface area contributed by atoms with Gasteiger partial charge >= 0.3 is 6.03 Å². The van der Waals surface area contributed by atoms with Crippen LogP contribution in [0.25, 0.3) is 0 Å². The first-order chi connectivity index (χ1) is 11.3. The number of fused-ring (bicyclic) bond motifs is 1. The van der Waals surface area contributed by atoms with E-state index in [1.165, 1.54) is 0 Å². The predicted molar refractivity (Wildman–Crippen MR) is 85.2 cm³/mol. The third kappa shape index (κ3) is 2.83. The van der Waals surface area contributed by atoms with Crippen molar-refractivity contribution < 1.29 is 19.0 Å². The Balaban J connectivity index is 1.49. The molecule has 3 aliphatic rings. The van der Waals surface area contributed by atoms with Gasteiger partial charge in [-0.05, 0) is 37.8 Å². The van der Waals surface area contributed by atoms with E-state index >= 15 is 0 Å². The summed E-state index contributed by atoms with van der Waals surface area (Å²) in [7, 11) is 0. The highest BCUT2D eigenvalue weighted by molar-refractivity contribution is 5.92. The lowest BCUT2D eigenvalue weighted by atomic mass is 10.1. The third-order valence-electron chi connectivity index (χ3n) is 4.76. The standard InChI is InChI=1S/C17H22N2O4/c20-17(19-8-2-5-13(19)14-7-3-9-21-14)18-12-4-1-6-15-16(12)23-11-10-22-15/h1,4,6,13-14H,2-3,5,7-11H2,(H,18,20). The van der Waals surface area contributed by atoms with E-state index in [9.17, 15) is 4.79 Å². The highest BCUT2D eigenvalue weighted by atomic mass is 16.6. The van der Waals surface area contributed by atoms with Gasteiger partial charge in [0, 0.05) is 13.2 Å². The van der Waals surface area contributed by atoms with Gasteiger partial charge in [0.15, 0.2) is 11.5 Å². The zero-order valence-corrected chi connectivity index (χ0v) is 13.1. The molecule has 2 fully saturated rings. The Morgan fingerprint density at radius 2 is 2.04 bits per heavy atom. The summed E-state index contributed by atoms with van der Waals surface area (Å²) in [5.41, 5.74) is 0.671. The zero-order chi connectivity index (χ0) is 15.6. The van der Waals surface area contributed by atoms with Crippen LogP contribution in [0.1, 0.15) is 25.7 Å². The number of hydrogen-bond acceptors (Lipinski definition) is 4. The summed E-state index contributed by atoms with van der Waals surface area (Å²) >= 11 is 0. The van der Waals surface area contributed by atoms with Crippen molar-refractivity contribution in [1.82, 2.24) is 4.90 Å². The first-order valence-electron chi connectivity index (χ1n) is 8.41. The molecule has 3 heterocycles. The van der Waals surface area contributed by atoms with Crippen LogP contribution >= 0.6 is 0 Å². The Morgan fingerprint density at radius 3 is 2.91 bits per heavy atom. The molecule has 0 aromatic heterocycles. The van der Waals surface area contributed by atoms with E-state index in [2.05, 4.69) is 5.32 Å². The fraction of sp³-hybridized carbons (Fsp3) is 0.588. The van der Waals surface area contributed by atoms with Gasteiger partial charge in [0.1, 0.15) is 13.2 Å². The molecule has 0 spiro atoms. The Morgan fingerprint density at radius 1 is 1.13 bits per heavy atom. The molecule has 1 N–H and O–H groups in total. The number of anilines is 1. The number of nitrogens with zero attached hydrogens (tertiary/aromatic N) is 1. The van der Waals surface area contributed by atoms with Gasteiger partial charge < -0.3 is 24.4 Å². The number of nitrogens with one attached hydrogen (secondary N) is 1. The molecule has 23 heavy (non-hydrogen) atoms. The molecule has 4 rings (SSSR count). The van der Waals surface area contributed by atoms with Gasteiger partial charge in [-0.1, -0.05) is 6.07 Å². The summed E-state index contributed by atoms with van der Waals surface area (Å²) in [4.78, 5) is 14.6. The quantitative estimate of drug-likeness (QED) is 0.910. The lowest BCUT2D eigenvalue weighted by Gasteiger charge is -2.29. The van der Waals surface area contributed by atoms with Crippen molar-refractivity contribution in [3.8, 4) is 11.5 Å². The first-order valence-corrected chi connectivity index (χ1v) is 8.41. The molecule has 2 atom stereocenters. The number of urea groups is 1. The molecule has 0 saturated carbocycles. The average Bonchev–Trinajstić information content (AvgIpc) is 3.26. The second-order valence-corrected chi connectivity index (χ2v) is 6.21. The molecule has 0 bridgehead atoms. The molecular weight excluding hydrogens is 296 g/mol.